The first-order valence-electron chi connectivity index (χ1n) is 40.3. The number of aryl methyl sites for hydroxylation is 5. The number of carbonyl (C=O) groups is 1. The summed E-state index contributed by atoms with van der Waals surface area (Å²) in [5, 5.41) is 90.5. The van der Waals surface area contributed by atoms with Crippen LogP contribution in [0, 0.1) is 41.5 Å². The van der Waals surface area contributed by atoms with Crippen molar-refractivity contribution in [3.63, 3.8) is 0 Å². The van der Waals surface area contributed by atoms with Crippen molar-refractivity contribution in [2.24, 2.45) is 25.5 Å². The molecule has 1 aliphatic rings. The zero-order valence-corrected chi connectivity index (χ0v) is 68.8. The third kappa shape index (κ3) is 18.3. The van der Waals surface area contributed by atoms with Crippen molar-refractivity contribution in [3.8, 4) is 62.1 Å². The van der Waals surface area contributed by atoms with E-state index in [2.05, 4.69) is 117 Å². The average Bonchev–Trinajstić information content (AvgIpc) is 0.905. The second-order valence-corrected chi connectivity index (χ2v) is 29.9. The lowest BCUT2D eigenvalue weighted by atomic mass is 9.91. The molecule has 1 saturated heterocycles. The van der Waals surface area contributed by atoms with E-state index in [0.29, 0.717) is 33.6 Å². The van der Waals surface area contributed by atoms with Gasteiger partial charge in [-0.2, -0.15) is 25.5 Å². The number of ketones is 1. The second-order valence-electron chi connectivity index (χ2n) is 29.9. The Hall–Kier alpha value is -15.5. The van der Waals surface area contributed by atoms with E-state index in [1.807, 2.05) is 270 Å². The van der Waals surface area contributed by atoms with Gasteiger partial charge in [0.1, 0.15) is 28.7 Å². The van der Waals surface area contributed by atoms with Gasteiger partial charge in [0.15, 0.2) is 5.78 Å². The smallest absolute Gasteiger partial charge is 0.161 e. The van der Waals surface area contributed by atoms with Crippen LogP contribution in [0.5, 0.6) is 28.7 Å². The Morgan fingerprint density at radius 1 is 0.328 bits per heavy atom. The summed E-state index contributed by atoms with van der Waals surface area (Å²) in [5.74, 6) is 1.22. The lowest BCUT2D eigenvalue weighted by Crippen LogP contribution is -2.32. The van der Waals surface area contributed by atoms with Gasteiger partial charge in [0.2, 0.25) is 0 Å². The molecule has 1 aliphatic heterocycles. The van der Waals surface area contributed by atoms with Gasteiger partial charge in [-0.3, -0.25) is 9.80 Å². The Balaban J connectivity index is 0.000000122. The quantitative estimate of drug-likeness (QED) is 0.0400. The number of aromatic hydroxyl groups is 5. The maximum Gasteiger partial charge on any atom is 0.161 e. The Morgan fingerprint density at radius 2 is 0.672 bits per heavy atom. The van der Waals surface area contributed by atoms with Crippen LogP contribution in [0.15, 0.2) is 348 Å². The van der Waals surface area contributed by atoms with Gasteiger partial charge >= 0.3 is 0 Å². The highest BCUT2D eigenvalue weighted by atomic mass is 16.5. The number of hydrogen-bond acceptors (Lipinski definition) is 13. The molecule has 122 heavy (non-hydrogen) atoms. The van der Waals surface area contributed by atoms with Gasteiger partial charge in [-0.05, 0) is 221 Å². The molecule has 0 radical (unpaired) electrons. The number of hydrogen-bond donors (Lipinski definition) is 5. The van der Waals surface area contributed by atoms with E-state index in [1.54, 1.807) is 64.2 Å². The summed E-state index contributed by atoms with van der Waals surface area (Å²) in [4.78, 5) is 11.9. The monoisotopic (exact) mass is 1600 g/mol. The van der Waals surface area contributed by atoms with E-state index in [0.717, 1.165) is 164 Å². The molecule has 5 heterocycles. The standard InChI is InChI=1S/C29H24N2O2.C27H22N2O.C25H18N2O.C13H18N2O2.C11H10N2O/c1-18-15-27(20(3)32)19(2)31(18)30-17-23-11-8-14-26(29(23)33)28-24-12-6-4-9-21(24)16-22-10-5-7-13-25(22)28;1-18-14-15-19(2)29(18)28-17-22-10-7-13-25(27(22)30)26-23-11-5-3-8-20(23)16-21-9-4-6-12-24(21)26;28-25-20(17-26-27-14-5-6-15-27)10-7-13-23(25)24-21-11-3-1-8-18(21)16-19-9-2-4-12-22(19)24;1-10-7-11(2)13(16)12(8-10)9-14-15-3-5-17-6-4-15;14-11-6-2-1-5-10(11)9-12-13-7-3-4-8-13/h4-17,33H,1-3H3;3-17,30H,1-2H3;1-17,28H;7-9,16H,3-6H2,1-2H3;1-9,14H/b30-17+;28-17+;26-17+;14-9+;12-9+. The highest BCUT2D eigenvalue weighted by Crippen LogP contribution is 2.45. The minimum atomic E-state index is 0.0113. The van der Waals surface area contributed by atoms with E-state index in [-0.39, 0.29) is 28.8 Å². The van der Waals surface area contributed by atoms with Crippen LogP contribution in [-0.4, -0.2) is 112 Å². The zero-order valence-electron chi connectivity index (χ0n) is 68.8. The number of morpholine rings is 1. The first-order chi connectivity index (χ1) is 59.4. The lowest BCUT2D eigenvalue weighted by Gasteiger charge is -2.23. The Kier molecular flexibility index (Phi) is 25.1. The second kappa shape index (κ2) is 37.4. The van der Waals surface area contributed by atoms with Crippen LogP contribution in [0.4, 0.5) is 0 Å². The molecule has 4 aromatic heterocycles. The fraction of sp³-hybridized carbons (Fsp3) is 0.105. The number of fused-ring (bicyclic) bond motifs is 6. The first kappa shape index (κ1) is 81.7. The minimum absolute atomic E-state index is 0.0113. The van der Waals surface area contributed by atoms with E-state index < -0.39 is 0 Å². The van der Waals surface area contributed by atoms with E-state index >= 15 is 0 Å². The van der Waals surface area contributed by atoms with E-state index in [4.69, 9.17) is 4.74 Å². The topological polar surface area (TPSA) is 212 Å². The predicted molar refractivity (Wildman–Crippen MR) is 500 cm³/mol. The van der Waals surface area contributed by atoms with Crippen molar-refractivity contribution < 1.29 is 35.1 Å². The third-order valence-corrected chi connectivity index (χ3v) is 21.6. The van der Waals surface area contributed by atoms with Gasteiger partial charge < -0.3 is 30.3 Å². The molecule has 1 fully saturated rings. The largest absolute Gasteiger partial charge is 0.507 e. The van der Waals surface area contributed by atoms with Crippen LogP contribution in [0.1, 0.15) is 79.0 Å². The van der Waals surface area contributed by atoms with Gasteiger partial charge in [-0.25, -0.2) is 18.7 Å². The molecule has 5 N–H and O–H groups in total. The zero-order chi connectivity index (χ0) is 84.8. The number of ether oxygens (including phenoxy) is 1. The molecule has 0 saturated carbocycles. The molecule has 0 unspecified atom stereocenters. The molecule has 0 bridgehead atoms. The summed E-state index contributed by atoms with van der Waals surface area (Å²) in [6.45, 7) is 16.3. The van der Waals surface area contributed by atoms with Crippen LogP contribution >= 0.6 is 0 Å². The number of carbonyl (C=O) groups excluding carboxylic acids is 1. The average molecular weight is 1610 g/mol. The molecule has 17 heteroatoms. The van der Waals surface area contributed by atoms with Crippen LogP contribution in [-0.2, 0) is 4.74 Å². The normalized spacial score (nSPS) is 12.2. The maximum atomic E-state index is 11.9. The number of nitrogens with zero attached hydrogens (tertiary/aromatic N) is 10. The molecule has 19 rings (SSSR count). The molecule has 18 aromatic rings. The van der Waals surface area contributed by atoms with Crippen LogP contribution in [0.2, 0.25) is 0 Å². The summed E-state index contributed by atoms with van der Waals surface area (Å²) >= 11 is 0. The molecule has 0 atom stereocenters. The third-order valence-electron chi connectivity index (χ3n) is 21.6. The molecule has 0 spiro atoms. The predicted octanol–water partition coefficient (Wildman–Crippen LogP) is 23.3. The molecule has 604 valence electrons. The van der Waals surface area contributed by atoms with E-state index in [1.165, 1.54) is 0 Å². The summed E-state index contributed by atoms with van der Waals surface area (Å²) in [6.07, 6.45) is 15.8. The molecule has 14 aromatic carbocycles. The fourth-order valence-corrected chi connectivity index (χ4v) is 15.4. The SMILES string of the molecule is CC(=O)c1cc(C)n(/N=C/c2cccc(-c3c4ccccc4cc4ccccc34)c2O)c1C.Cc1cc(C)c(O)c(/C=N/N2CCOCC2)c1.Cc1ccc(C)n1/N=C/c1cccc(-c2c3ccccc3cc3ccccc23)c1O.Oc1c(/C=N/n2cccc2)cccc1-c1c2ccccc2cc2ccccc12.Oc1ccccc1/C=N/n1cccc1. The number of aromatic nitrogens is 4. The number of rotatable bonds is 14. The molecular formula is C105H92N10O7. The van der Waals surface area contributed by atoms with Gasteiger partial charge in [-0.15, -0.1) is 0 Å². The minimum Gasteiger partial charge on any atom is -0.507 e. The highest BCUT2D eigenvalue weighted by molar-refractivity contribution is 6.17. The Morgan fingerprint density at radius 3 is 1.06 bits per heavy atom. The highest BCUT2D eigenvalue weighted by Gasteiger charge is 2.20. The number of phenols is 5. The maximum absolute atomic E-state index is 11.9. The van der Waals surface area contributed by atoms with Crippen molar-refractivity contribution in [2.75, 3.05) is 26.3 Å². The van der Waals surface area contributed by atoms with Gasteiger partial charge in [0, 0.05) is 114 Å². The summed E-state index contributed by atoms with van der Waals surface area (Å²) < 4.78 is 12.2. The molecule has 0 aliphatic carbocycles. The van der Waals surface area contributed by atoms with Crippen molar-refractivity contribution in [1.82, 2.24) is 23.7 Å². The van der Waals surface area contributed by atoms with Gasteiger partial charge in [-0.1, -0.05) is 200 Å². The summed E-state index contributed by atoms with van der Waals surface area (Å²) in [6, 6.07) is 98.2. The Bertz CT molecular complexity index is 6820. The first-order valence-corrected chi connectivity index (χ1v) is 40.3. The van der Waals surface area contributed by atoms with Crippen LogP contribution in [0.3, 0.4) is 0 Å². The number of benzene rings is 14. The number of para-hydroxylation sites is 4. The lowest BCUT2D eigenvalue weighted by molar-refractivity contribution is 0.0397. The number of phenolic OH excluding ortho intramolecular Hbond substituents is 5. The number of Topliss-reactive ketones (excluding diaryl/α,β-unsaturated/α-hetero) is 1. The molecule has 17 nitrogen and oxygen atoms in total. The van der Waals surface area contributed by atoms with Crippen molar-refractivity contribution in [2.45, 2.75) is 48.5 Å². The summed E-state index contributed by atoms with van der Waals surface area (Å²) in [5.41, 5.74) is 15.4. The summed E-state index contributed by atoms with van der Waals surface area (Å²) in [7, 11) is 0. The molecular weight excluding hydrogens is 1510 g/mol. The van der Waals surface area contributed by atoms with E-state index in [9.17, 15) is 30.3 Å². The van der Waals surface area contributed by atoms with Crippen molar-refractivity contribution >= 4 is 101 Å². The molecule has 0 amide bonds. The van der Waals surface area contributed by atoms with Crippen molar-refractivity contribution in [1.29, 1.82) is 0 Å². The Labute approximate surface area is 707 Å². The van der Waals surface area contributed by atoms with Gasteiger partial charge in [0.05, 0.1) is 57.4 Å². The number of hydrazone groups is 1. The van der Waals surface area contributed by atoms with Gasteiger partial charge in [0.25, 0.3) is 0 Å². The fourth-order valence-electron chi connectivity index (χ4n) is 15.4. The van der Waals surface area contributed by atoms with Crippen LogP contribution < -0.4 is 0 Å². The van der Waals surface area contributed by atoms with Crippen molar-refractivity contribution in [3.05, 3.63) is 389 Å². The van der Waals surface area contributed by atoms with Crippen LogP contribution in [0.25, 0.3) is 98.0 Å².